The lowest BCUT2D eigenvalue weighted by Crippen LogP contribution is -2.41. The van der Waals surface area contributed by atoms with Crippen molar-refractivity contribution in [3.05, 3.63) is 106 Å². The van der Waals surface area contributed by atoms with Gasteiger partial charge in [0.1, 0.15) is 5.69 Å². The summed E-state index contributed by atoms with van der Waals surface area (Å²) in [5, 5.41) is 1.37. The van der Waals surface area contributed by atoms with Gasteiger partial charge in [-0.05, 0) is 36.8 Å². The highest BCUT2D eigenvalue weighted by Gasteiger charge is 2.41. The third kappa shape index (κ3) is 2.98. The summed E-state index contributed by atoms with van der Waals surface area (Å²) in [6, 6.07) is 17.3. The molecule has 0 saturated carbocycles. The molecule has 33 heavy (non-hydrogen) atoms. The number of benzene rings is 3. The first-order valence-corrected chi connectivity index (χ1v) is 10.0. The van der Waals surface area contributed by atoms with Gasteiger partial charge in [-0.3, -0.25) is 14.4 Å². The lowest BCUT2D eigenvalue weighted by Gasteiger charge is -2.21. The van der Waals surface area contributed by atoms with Crippen LogP contribution in [0.5, 0.6) is 0 Å². The van der Waals surface area contributed by atoms with Crippen LogP contribution in [0.15, 0.2) is 72.8 Å². The Labute approximate surface area is 185 Å². The molecule has 0 N–H and O–H groups in total. The normalized spacial score (nSPS) is 13.6. The van der Waals surface area contributed by atoms with E-state index in [1.54, 1.807) is 43.3 Å². The molecule has 1 aliphatic heterocycles. The van der Waals surface area contributed by atoms with E-state index in [4.69, 9.17) is 0 Å². The Balaban J connectivity index is 1.79. The van der Waals surface area contributed by atoms with Crippen molar-refractivity contribution in [3.63, 3.8) is 0 Å². The van der Waals surface area contributed by atoms with Crippen molar-refractivity contribution in [3.8, 4) is 0 Å². The SMILES string of the molecule is Cc1c(C(=O)c2ccccc2C(F)(F)F)n(N2C(=O)c3ccccc3C2=O)c2ccccc12. The van der Waals surface area contributed by atoms with Crippen molar-refractivity contribution >= 4 is 28.5 Å². The number of halogens is 3. The molecule has 0 atom stereocenters. The third-order valence-electron chi connectivity index (χ3n) is 5.77. The number of aromatic nitrogens is 1. The molecule has 5 rings (SSSR count). The van der Waals surface area contributed by atoms with Gasteiger partial charge >= 0.3 is 6.18 Å². The molecule has 0 aliphatic carbocycles. The molecule has 8 heteroatoms. The number of carbonyl (C=O) groups excluding carboxylic acids is 3. The maximum atomic E-state index is 13.7. The number of hydrogen-bond acceptors (Lipinski definition) is 3. The highest BCUT2D eigenvalue weighted by atomic mass is 19.4. The molecule has 4 aromatic rings. The zero-order valence-corrected chi connectivity index (χ0v) is 17.2. The number of alkyl halides is 3. The average molecular weight is 448 g/mol. The van der Waals surface area contributed by atoms with E-state index in [1.165, 1.54) is 24.3 Å². The summed E-state index contributed by atoms with van der Waals surface area (Å²) in [6.45, 7) is 1.58. The first-order chi connectivity index (χ1) is 15.7. The molecular formula is C25H15F3N2O3. The predicted octanol–water partition coefficient (Wildman–Crippen LogP) is 5.13. The highest BCUT2D eigenvalue weighted by Crippen LogP contribution is 2.36. The van der Waals surface area contributed by atoms with E-state index >= 15 is 0 Å². The van der Waals surface area contributed by atoms with Crippen LogP contribution in [-0.4, -0.2) is 22.3 Å². The lowest BCUT2D eigenvalue weighted by molar-refractivity contribution is -0.137. The number of para-hydroxylation sites is 1. The molecule has 3 aromatic carbocycles. The monoisotopic (exact) mass is 448 g/mol. The summed E-state index contributed by atoms with van der Waals surface area (Å²) < 4.78 is 42.1. The Morgan fingerprint density at radius 1 is 0.788 bits per heavy atom. The first-order valence-electron chi connectivity index (χ1n) is 10.0. The van der Waals surface area contributed by atoms with E-state index in [1.807, 2.05) is 0 Å². The Morgan fingerprint density at radius 3 is 1.97 bits per heavy atom. The van der Waals surface area contributed by atoms with Crippen LogP contribution in [0.1, 0.15) is 47.9 Å². The van der Waals surface area contributed by atoms with Crippen molar-refractivity contribution in [1.29, 1.82) is 0 Å². The summed E-state index contributed by atoms with van der Waals surface area (Å²) in [4.78, 5) is 40.0. The Hall–Kier alpha value is -4.20. The van der Waals surface area contributed by atoms with Crippen LogP contribution in [-0.2, 0) is 6.18 Å². The van der Waals surface area contributed by atoms with Crippen LogP contribution in [0, 0.1) is 6.92 Å². The topological polar surface area (TPSA) is 59.4 Å². The molecule has 0 radical (unpaired) electrons. The van der Waals surface area contributed by atoms with Crippen molar-refractivity contribution in [2.24, 2.45) is 0 Å². The fourth-order valence-corrected chi connectivity index (χ4v) is 4.27. The number of imide groups is 1. The van der Waals surface area contributed by atoms with Gasteiger partial charge in [0.2, 0.25) is 5.78 Å². The van der Waals surface area contributed by atoms with E-state index < -0.39 is 34.9 Å². The number of carbonyl (C=O) groups is 3. The van der Waals surface area contributed by atoms with Gasteiger partial charge in [-0.15, -0.1) is 0 Å². The van der Waals surface area contributed by atoms with Crippen LogP contribution in [0.25, 0.3) is 10.9 Å². The Bertz CT molecular complexity index is 1450. The minimum absolute atomic E-state index is 0.159. The molecule has 0 bridgehead atoms. The highest BCUT2D eigenvalue weighted by molar-refractivity contribution is 6.31. The van der Waals surface area contributed by atoms with Gasteiger partial charge in [-0.1, -0.05) is 48.5 Å². The fourth-order valence-electron chi connectivity index (χ4n) is 4.27. The standard InChI is InChI=1S/C25H15F3N2O3/c1-14-15-8-5-7-13-20(15)29(30-23(32)16-9-2-3-10-17(16)24(30)33)21(14)22(31)18-11-4-6-12-19(18)25(26,27)28/h2-13H,1H3. The van der Waals surface area contributed by atoms with E-state index in [-0.39, 0.29) is 16.8 Å². The van der Waals surface area contributed by atoms with Crippen molar-refractivity contribution in [2.75, 3.05) is 5.01 Å². The largest absolute Gasteiger partial charge is 0.417 e. The minimum atomic E-state index is -4.76. The number of aryl methyl sites for hydroxylation is 1. The van der Waals surface area contributed by atoms with Gasteiger partial charge in [0, 0.05) is 10.9 Å². The first kappa shape index (κ1) is 20.7. The van der Waals surface area contributed by atoms with Gasteiger partial charge in [-0.2, -0.15) is 18.2 Å². The number of fused-ring (bicyclic) bond motifs is 2. The second-order valence-corrected chi connectivity index (χ2v) is 7.64. The number of ketones is 1. The molecule has 0 saturated heterocycles. The second kappa shape index (κ2) is 7.16. The predicted molar refractivity (Wildman–Crippen MR) is 115 cm³/mol. The molecule has 1 aliphatic rings. The summed E-state index contributed by atoms with van der Waals surface area (Å²) in [5.74, 6) is -2.25. The molecule has 5 nitrogen and oxygen atoms in total. The van der Waals surface area contributed by atoms with Crippen LogP contribution in [0.3, 0.4) is 0 Å². The van der Waals surface area contributed by atoms with Gasteiger partial charge in [0.15, 0.2) is 0 Å². The Morgan fingerprint density at radius 2 is 1.33 bits per heavy atom. The van der Waals surface area contributed by atoms with Crippen molar-refractivity contribution in [1.82, 2.24) is 4.68 Å². The van der Waals surface area contributed by atoms with Crippen molar-refractivity contribution in [2.45, 2.75) is 13.1 Å². The molecule has 1 aromatic heterocycles. The third-order valence-corrected chi connectivity index (χ3v) is 5.77. The molecule has 0 fully saturated rings. The number of nitrogens with zero attached hydrogens (tertiary/aromatic N) is 2. The average Bonchev–Trinajstić information content (AvgIpc) is 3.23. The van der Waals surface area contributed by atoms with Crippen LogP contribution < -0.4 is 5.01 Å². The van der Waals surface area contributed by atoms with E-state index in [9.17, 15) is 27.6 Å². The molecule has 2 heterocycles. The van der Waals surface area contributed by atoms with Crippen LogP contribution in [0.2, 0.25) is 0 Å². The lowest BCUT2D eigenvalue weighted by atomic mass is 9.99. The minimum Gasteiger partial charge on any atom is -0.287 e. The van der Waals surface area contributed by atoms with Crippen LogP contribution in [0.4, 0.5) is 13.2 Å². The molecule has 2 amide bonds. The fraction of sp³-hybridized carbons (Fsp3) is 0.0800. The zero-order valence-electron chi connectivity index (χ0n) is 17.2. The van der Waals surface area contributed by atoms with Gasteiger partial charge in [-0.25, -0.2) is 4.68 Å². The van der Waals surface area contributed by atoms with E-state index in [0.717, 1.165) is 21.8 Å². The van der Waals surface area contributed by atoms with Gasteiger partial charge < -0.3 is 0 Å². The van der Waals surface area contributed by atoms with Gasteiger partial charge in [0.25, 0.3) is 11.8 Å². The molecule has 164 valence electrons. The summed E-state index contributed by atoms with van der Waals surface area (Å²) in [5.41, 5.74) is -0.787. The number of amides is 2. The number of hydrogen-bond donors (Lipinski definition) is 0. The maximum absolute atomic E-state index is 13.7. The van der Waals surface area contributed by atoms with Crippen LogP contribution >= 0.6 is 0 Å². The Kier molecular flexibility index (Phi) is 4.49. The summed E-state index contributed by atoms with van der Waals surface area (Å²) in [6.07, 6.45) is -4.76. The second-order valence-electron chi connectivity index (χ2n) is 7.64. The molecular weight excluding hydrogens is 433 g/mol. The van der Waals surface area contributed by atoms with E-state index in [0.29, 0.717) is 16.5 Å². The summed E-state index contributed by atoms with van der Waals surface area (Å²) in [7, 11) is 0. The number of rotatable bonds is 3. The van der Waals surface area contributed by atoms with Crippen molar-refractivity contribution < 1.29 is 27.6 Å². The zero-order chi connectivity index (χ0) is 23.5. The maximum Gasteiger partial charge on any atom is 0.417 e. The molecule has 0 unspecified atom stereocenters. The smallest absolute Gasteiger partial charge is 0.287 e. The van der Waals surface area contributed by atoms with E-state index in [2.05, 4.69) is 0 Å². The molecule has 0 spiro atoms. The van der Waals surface area contributed by atoms with Gasteiger partial charge in [0.05, 0.1) is 22.2 Å². The summed E-state index contributed by atoms with van der Waals surface area (Å²) >= 11 is 0. The quantitative estimate of drug-likeness (QED) is 0.323.